The number of hydrogen-bond acceptors (Lipinski definition) is 4. The predicted octanol–water partition coefficient (Wildman–Crippen LogP) is 2.92. The van der Waals surface area contributed by atoms with Crippen molar-refractivity contribution in [3.05, 3.63) is 70.8 Å². The van der Waals surface area contributed by atoms with E-state index in [0.29, 0.717) is 38.0 Å². The van der Waals surface area contributed by atoms with Crippen LogP contribution in [0.4, 0.5) is 13.2 Å². The van der Waals surface area contributed by atoms with E-state index < -0.39 is 21.8 Å². The van der Waals surface area contributed by atoms with E-state index in [0.717, 1.165) is 17.7 Å². The maximum Gasteiger partial charge on any atom is 0.416 e. The summed E-state index contributed by atoms with van der Waals surface area (Å²) in [4.78, 5) is 26.7. The molecule has 2 N–H and O–H groups in total. The Labute approximate surface area is 196 Å². The Morgan fingerprint density at radius 3 is 2.06 bits per heavy atom. The van der Waals surface area contributed by atoms with Crippen molar-refractivity contribution in [2.75, 3.05) is 20.1 Å². The van der Waals surface area contributed by atoms with Crippen molar-refractivity contribution in [1.82, 2.24) is 14.9 Å². The van der Waals surface area contributed by atoms with Gasteiger partial charge in [-0.3, -0.25) is 9.59 Å². The summed E-state index contributed by atoms with van der Waals surface area (Å²) >= 11 is 0. The second-order valence-electron chi connectivity index (χ2n) is 8.14. The molecule has 1 saturated heterocycles. The van der Waals surface area contributed by atoms with Crippen molar-refractivity contribution >= 4 is 21.8 Å². The number of nitrogens with one attached hydrogen (secondary N) is 2. The minimum absolute atomic E-state index is 0.125. The third kappa shape index (κ3) is 6.80. The Hall–Kier alpha value is -2.92. The second-order valence-corrected chi connectivity index (χ2v) is 10.1. The average Bonchev–Trinajstić information content (AvgIpc) is 2.82. The first-order valence-corrected chi connectivity index (χ1v) is 12.4. The van der Waals surface area contributed by atoms with Gasteiger partial charge >= 0.3 is 6.18 Å². The van der Waals surface area contributed by atoms with Crippen molar-refractivity contribution in [2.45, 2.75) is 31.3 Å². The van der Waals surface area contributed by atoms with Crippen molar-refractivity contribution in [1.29, 1.82) is 0 Å². The molecule has 34 heavy (non-hydrogen) atoms. The summed E-state index contributed by atoms with van der Waals surface area (Å²) in [7, 11) is -2.00. The number of alkyl halides is 3. The molecule has 1 heterocycles. The van der Waals surface area contributed by atoms with Crippen molar-refractivity contribution in [3.8, 4) is 0 Å². The van der Waals surface area contributed by atoms with Crippen LogP contribution < -0.4 is 10.0 Å². The molecule has 0 spiro atoms. The fraction of sp³-hybridized carbons (Fsp3) is 0.391. The Kier molecular flexibility index (Phi) is 7.98. The second kappa shape index (κ2) is 10.6. The molecule has 3 rings (SSSR count). The SMILES string of the molecule is CNS(=O)(=O)Cc1ccc(CNC(=O)C2CCN(C(=O)c3ccc(C(F)(F)F)cc3)CC2)cc1. The van der Waals surface area contributed by atoms with E-state index in [2.05, 4.69) is 10.0 Å². The fourth-order valence-electron chi connectivity index (χ4n) is 3.71. The molecule has 7 nitrogen and oxygen atoms in total. The first-order chi connectivity index (χ1) is 16.0. The van der Waals surface area contributed by atoms with E-state index in [1.54, 1.807) is 29.2 Å². The van der Waals surface area contributed by atoms with Crippen LogP contribution in [0.2, 0.25) is 0 Å². The molecule has 0 aliphatic carbocycles. The molecule has 184 valence electrons. The zero-order valence-electron chi connectivity index (χ0n) is 18.6. The third-order valence-electron chi connectivity index (χ3n) is 5.77. The number of nitrogens with zero attached hydrogens (tertiary/aromatic N) is 1. The van der Waals surface area contributed by atoms with E-state index in [1.807, 2.05) is 0 Å². The van der Waals surface area contributed by atoms with Gasteiger partial charge in [-0.1, -0.05) is 24.3 Å². The largest absolute Gasteiger partial charge is 0.416 e. The number of sulfonamides is 1. The minimum atomic E-state index is -4.46. The minimum Gasteiger partial charge on any atom is -0.352 e. The highest BCUT2D eigenvalue weighted by Gasteiger charge is 2.31. The number of carbonyl (C=O) groups is 2. The molecule has 0 unspecified atom stereocenters. The summed E-state index contributed by atoms with van der Waals surface area (Å²) in [6.45, 7) is 0.974. The van der Waals surface area contributed by atoms with Gasteiger partial charge in [0.2, 0.25) is 15.9 Å². The fourth-order valence-corrected chi connectivity index (χ4v) is 4.48. The summed E-state index contributed by atoms with van der Waals surface area (Å²) in [6, 6.07) is 11.0. The highest BCUT2D eigenvalue weighted by molar-refractivity contribution is 7.88. The number of carbonyl (C=O) groups excluding carboxylic acids is 2. The third-order valence-corrected chi connectivity index (χ3v) is 7.10. The van der Waals surface area contributed by atoms with Crippen LogP contribution in [0.5, 0.6) is 0 Å². The van der Waals surface area contributed by atoms with Crippen molar-refractivity contribution in [2.24, 2.45) is 5.92 Å². The Morgan fingerprint density at radius 1 is 0.971 bits per heavy atom. The van der Waals surface area contributed by atoms with Gasteiger partial charge in [-0.2, -0.15) is 13.2 Å². The van der Waals surface area contributed by atoms with Crippen LogP contribution in [0.25, 0.3) is 0 Å². The van der Waals surface area contributed by atoms with Gasteiger partial charge in [0.05, 0.1) is 11.3 Å². The molecule has 2 aromatic rings. The normalized spacial score (nSPS) is 15.2. The van der Waals surface area contributed by atoms with E-state index in [4.69, 9.17) is 0 Å². The zero-order valence-corrected chi connectivity index (χ0v) is 19.4. The monoisotopic (exact) mass is 497 g/mol. The number of likely N-dealkylation sites (tertiary alicyclic amines) is 1. The number of halogens is 3. The standard InChI is InChI=1S/C23H26F3N3O4S/c1-27-34(32,33)15-17-4-2-16(3-5-17)14-28-21(30)18-10-12-29(13-11-18)22(31)19-6-8-20(9-7-19)23(24,25)26/h2-9,18,27H,10-15H2,1H3,(H,28,30). The van der Waals surface area contributed by atoms with E-state index in [1.165, 1.54) is 19.2 Å². The quantitative estimate of drug-likeness (QED) is 0.615. The summed E-state index contributed by atoms with van der Waals surface area (Å²) in [5.41, 5.74) is 0.835. The van der Waals surface area contributed by atoms with Crippen molar-refractivity contribution in [3.63, 3.8) is 0 Å². The van der Waals surface area contributed by atoms with E-state index in [-0.39, 0.29) is 29.0 Å². The van der Waals surface area contributed by atoms with E-state index >= 15 is 0 Å². The maximum atomic E-state index is 12.7. The molecule has 2 amide bonds. The number of rotatable bonds is 7. The highest BCUT2D eigenvalue weighted by Crippen LogP contribution is 2.29. The van der Waals surface area contributed by atoms with Crippen LogP contribution in [-0.4, -0.2) is 45.3 Å². The molecule has 2 aromatic carbocycles. The predicted molar refractivity (Wildman–Crippen MR) is 120 cm³/mol. The molecular weight excluding hydrogens is 471 g/mol. The van der Waals surface area contributed by atoms with Gasteiger partial charge < -0.3 is 10.2 Å². The van der Waals surface area contributed by atoms with Gasteiger partial charge in [-0.25, -0.2) is 13.1 Å². The molecule has 0 aromatic heterocycles. The van der Waals surface area contributed by atoms with Gasteiger partial charge in [0.1, 0.15) is 0 Å². The van der Waals surface area contributed by atoms with Gasteiger partial charge in [0.15, 0.2) is 0 Å². The summed E-state index contributed by atoms with van der Waals surface area (Å²) in [5.74, 6) is -0.881. The Bertz CT molecular complexity index is 1110. The number of piperidine rings is 1. The van der Waals surface area contributed by atoms with Gasteiger partial charge in [0, 0.05) is 31.1 Å². The van der Waals surface area contributed by atoms with Crippen LogP contribution in [0.1, 0.15) is 39.9 Å². The summed E-state index contributed by atoms with van der Waals surface area (Å²) < 4.78 is 63.6. The van der Waals surface area contributed by atoms with Gasteiger partial charge in [-0.05, 0) is 55.3 Å². The van der Waals surface area contributed by atoms with E-state index in [9.17, 15) is 31.2 Å². The lowest BCUT2D eigenvalue weighted by atomic mass is 9.95. The lowest BCUT2D eigenvalue weighted by Crippen LogP contribution is -2.42. The summed E-state index contributed by atoms with van der Waals surface area (Å²) in [5, 5.41) is 2.86. The maximum absolute atomic E-state index is 12.7. The Morgan fingerprint density at radius 2 is 1.53 bits per heavy atom. The number of benzene rings is 2. The van der Waals surface area contributed by atoms with Crippen LogP contribution >= 0.6 is 0 Å². The topological polar surface area (TPSA) is 95.6 Å². The lowest BCUT2D eigenvalue weighted by molar-refractivity contribution is -0.137. The summed E-state index contributed by atoms with van der Waals surface area (Å²) in [6.07, 6.45) is -3.54. The molecule has 0 bridgehead atoms. The van der Waals surface area contributed by atoms with Crippen LogP contribution in [0.15, 0.2) is 48.5 Å². The molecule has 0 radical (unpaired) electrons. The molecule has 1 aliphatic rings. The zero-order chi connectivity index (χ0) is 24.9. The molecule has 1 fully saturated rings. The molecule has 11 heteroatoms. The first kappa shape index (κ1) is 25.7. The Balaban J connectivity index is 1.47. The van der Waals surface area contributed by atoms with Crippen molar-refractivity contribution < 1.29 is 31.2 Å². The van der Waals surface area contributed by atoms with Gasteiger partial charge in [0.25, 0.3) is 5.91 Å². The number of amides is 2. The first-order valence-electron chi connectivity index (χ1n) is 10.7. The molecule has 1 aliphatic heterocycles. The number of hydrogen-bond donors (Lipinski definition) is 2. The highest BCUT2D eigenvalue weighted by atomic mass is 32.2. The van der Waals surface area contributed by atoms with Gasteiger partial charge in [-0.15, -0.1) is 0 Å². The van der Waals surface area contributed by atoms with Crippen LogP contribution in [0, 0.1) is 5.92 Å². The van der Waals surface area contributed by atoms with Crippen LogP contribution in [-0.2, 0) is 33.3 Å². The van der Waals surface area contributed by atoms with Crippen LogP contribution in [0.3, 0.4) is 0 Å². The molecule has 0 atom stereocenters. The average molecular weight is 498 g/mol. The smallest absolute Gasteiger partial charge is 0.352 e. The molecular formula is C23H26F3N3O4S. The molecule has 0 saturated carbocycles. The lowest BCUT2D eigenvalue weighted by Gasteiger charge is -2.31.